The van der Waals surface area contributed by atoms with Crippen LogP contribution in [0, 0.1) is 0 Å². The Labute approximate surface area is 216 Å². The largest absolute Gasteiger partial charge is 0.508 e. The van der Waals surface area contributed by atoms with Crippen molar-refractivity contribution in [2.24, 2.45) is 0 Å². The van der Waals surface area contributed by atoms with Crippen molar-refractivity contribution in [3.63, 3.8) is 0 Å². The zero-order valence-corrected chi connectivity index (χ0v) is 20.9. The molecule has 2 N–H and O–H groups in total. The summed E-state index contributed by atoms with van der Waals surface area (Å²) in [5.41, 5.74) is 7.23. The third-order valence-electron chi connectivity index (χ3n) is 6.81. The summed E-state index contributed by atoms with van der Waals surface area (Å²) in [5, 5.41) is 13.2. The fourth-order valence-electron chi connectivity index (χ4n) is 4.94. The zero-order chi connectivity index (χ0) is 25.8. The molecule has 0 saturated heterocycles. The van der Waals surface area contributed by atoms with E-state index in [-0.39, 0.29) is 18.3 Å². The maximum atomic E-state index is 12.5. The SMILES string of the molecule is COc1ccc(-c2ccc(O)c(CCNC(=O)OCC3c4ccccc4-c4ccccc43)c2)c(OC)c1. The minimum Gasteiger partial charge on any atom is -0.508 e. The van der Waals surface area contributed by atoms with E-state index >= 15 is 0 Å². The molecule has 4 aromatic rings. The average molecular weight is 496 g/mol. The van der Waals surface area contributed by atoms with Gasteiger partial charge in [-0.15, -0.1) is 0 Å². The lowest BCUT2D eigenvalue weighted by molar-refractivity contribution is 0.143. The van der Waals surface area contributed by atoms with Crippen molar-refractivity contribution in [3.05, 3.63) is 102 Å². The summed E-state index contributed by atoms with van der Waals surface area (Å²) >= 11 is 0. The molecule has 4 aromatic carbocycles. The standard InChI is InChI=1S/C31H29NO5/c1-35-22-12-13-23(30(18-22)36-2)20-11-14-29(33)21(17-20)15-16-32-31(34)37-19-28-26-9-5-3-7-24(26)25-8-4-6-10-27(25)28/h3-14,17-18,28,33H,15-16,19H2,1-2H3,(H,32,34). The van der Waals surface area contributed by atoms with Crippen molar-refractivity contribution in [3.8, 4) is 39.5 Å². The van der Waals surface area contributed by atoms with Crippen LogP contribution in [-0.2, 0) is 11.2 Å². The Bertz CT molecular complexity index is 1390. The van der Waals surface area contributed by atoms with Crippen LogP contribution in [0.2, 0.25) is 0 Å². The molecule has 0 unspecified atom stereocenters. The molecule has 1 amide bonds. The van der Waals surface area contributed by atoms with Gasteiger partial charge in [0.25, 0.3) is 0 Å². The van der Waals surface area contributed by atoms with Gasteiger partial charge in [0.2, 0.25) is 0 Å². The molecule has 5 rings (SSSR count). The number of nitrogens with one attached hydrogen (secondary N) is 1. The molecule has 0 heterocycles. The minimum atomic E-state index is -0.477. The Morgan fingerprint density at radius 2 is 1.54 bits per heavy atom. The van der Waals surface area contributed by atoms with Gasteiger partial charge in [-0.2, -0.15) is 0 Å². The maximum absolute atomic E-state index is 12.5. The number of rotatable bonds is 8. The van der Waals surface area contributed by atoms with Gasteiger partial charge in [-0.05, 0) is 64.1 Å². The summed E-state index contributed by atoms with van der Waals surface area (Å²) in [7, 11) is 3.22. The first-order valence-corrected chi connectivity index (χ1v) is 12.2. The molecule has 188 valence electrons. The van der Waals surface area contributed by atoms with Crippen molar-refractivity contribution in [1.29, 1.82) is 0 Å². The van der Waals surface area contributed by atoms with Gasteiger partial charge >= 0.3 is 6.09 Å². The monoisotopic (exact) mass is 495 g/mol. The Kier molecular flexibility index (Phi) is 6.99. The first-order chi connectivity index (χ1) is 18.1. The second-order valence-electron chi connectivity index (χ2n) is 8.91. The first kappa shape index (κ1) is 24.3. The van der Waals surface area contributed by atoms with E-state index in [9.17, 15) is 9.90 Å². The molecule has 0 spiro atoms. The van der Waals surface area contributed by atoms with Gasteiger partial charge in [-0.3, -0.25) is 0 Å². The van der Waals surface area contributed by atoms with Crippen LogP contribution in [0.25, 0.3) is 22.3 Å². The van der Waals surface area contributed by atoms with Crippen LogP contribution >= 0.6 is 0 Å². The third kappa shape index (κ3) is 4.96. The van der Waals surface area contributed by atoms with Crippen LogP contribution in [0.4, 0.5) is 4.79 Å². The molecule has 1 aliphatic rings. The molecule has 37 heavy (non-hydrogen) atoms. The fraction of sp³-hybridized carbons (Fsp3) is 0.194. The average Bonchev–Trinajstić information content (AvgIpc) is 3.26. The van der Waals surface area contributed by atoms with Crippen LogP contribution in [0.1, 0.15) is 22.6 Å². The summed E-state index contributed by atoms with van der Waals surface area (Å²) in [5.74, 6) is 1.56. The molecule has 0 atom stereocenters. The van der Waals surface area contributed by atoms with Crippen molar-refractivity contribution in [2.45, 2.75) is 12.3 Å². The van der Waals surface area contributed by atoms with E-state index in [1.165, 1.54) is 22.3 Å². The second-order valence-corrected chi connectivity index (χ2v) is 8.91. The molecular formula is C31H29NO5. The molecule has 0 aromatic heterocycles. The van der Waals surface area contributed by atoms with Crippen molar-refractivity contribution < 1.29 is 24.1 Å². The number of phenols is 1. The molecule has 0 aliphatic heterocycles. The smallest absolute Gasteiger partial charge is 0.407 e. The van der Waals surface area contributed by atoms with E-state index in [1.807, 2.05) is 54.6 Å². The molecule has 0 bridgehead atoms. The number of hydrogen-bond acceptors (Lipinski definition) is 5. The molecule has 1 aliphatic carbocycles. The van der Waals surface area contributed by atoms with Gasteiger partial charge in [0.15, 0.2) is 0 Å². The Balaban J connectivity index is 1.21. The number of ether oxygens (including phenoxy) is 3. The molecule has 0 saturated carbocycles. The highest BCUT2D eigenvalue weighted by Crippen LogP contribution is 2.44. The van der Waals surface area contributed by atoms with Crippen LogP contribution in [0.3, 0.4) is 0 Å². The van der Waals surface area contributed by atoms with Crippen molar-refractivity contribution in [2.75, 3.05) is 27.4 Å². The fourth-order valence-corrected chi connectivity index (χ4v) is 4.94. The number of phenolic OH excluding ortho intramolecular Hbond substituents is 1. The normalized spacial score (nSPS) is 11.9. The van der Waals surface area contributed by atoms with E-state index in [4.69, 9.17) is 14.2 Å². The van der Waals surface area contributed by atoms with E-state index in [1.54, 1.807) is 20.3 Å². The molecular weight excluding hydrogens is 466 g/mol. The molecule has 6 heteroatoms. The number of methoxy groups -OCH3 is 2. The predicted octanol–water partition coefficient (Wildman–Crippen LogP) is 6.16. The van der Waals surface area contributed by atoms with Crippen LogP contribution < -0.4 is 14.8 Å². The van der Waals surface area contributed by atoms with Crippen molar-refractivity contribution in [1.82, 2.24) is 5.32 Å². The van der Waals surface area contributed by atoms with E-state index in [2.05, 4.69) is 29.6 Å². The Morgan fingerprint density at radius 1 is 0.838 bits per heavy atom. The van der Waals surface area contributed by atoms with Crippen molar-refractivity contribution >= 4 is 6.09 Å². The molecule has 6 nitrogen and oxygen atoms in total. The first-order valence-electron chi connectivity index (χ1n) is 12.2. The number of carbonyl (C=O) groups is 1. The maximum Gasteiger partial charge on any atom is 0.407 e. The predicted molar refractivity (Wildman–Crippen MR) is 143 cm³/mol. The number of benzene rings is 4. The number of aromatic hydroxyl groups is 1. The zero-order valence-electron chi connectivity index (χ0n) is 20.9. The topological polar surface area (TPSA) is 77.0 Å². The van der Waals surface area contributed by atoms with Crippen LogP contribution in [-0.4, -0.2) is 38.6 Å². The van der Waals surface area contributed by atoms with Gasteiger partial charge < -0.3 is 24.6 Å². The summed E-state index contributed by atoms with van der Waals surface area (Å²) in [6.07, 6.45) is -0.0307. The second kappa shape index (κ2) is 10.7. The quantitative estimate of drug-likeness (QED) is 0.306. The highest BCUT2D eigenvalue weighted by atomic mass is 16.5. The van der Waals surface area contributed by atoms with E-state index < -0.39 is 6.09 Å². The third-order valence-corrected chi connectivity index (χ3v) is 6.81. The van der Waals surface area contributed by atoms with E-state index in [0.29, 0.717) is 30.0 Å². The van der Waals surface area contributed by atoms with Crippen LogP contribution in [0.15, 0.2) is 84.9 Å². The lowest BCUT2D eigenvalue weighted by Gasteiger charge is -2.15. The lowest BCUT2D eigenvalue weighted by atomic mass is 9.98. The van der Waals surface area contributed by atoms with Gasteiger partial charge in [-0.1, -0.05) is 54.6 Å². The molecule has 0 fully saturated rings. The van der Waals surface area contributed by atoms with Gasteiger partial charge in [0.05, 0.1) is 14.2 Å². The Hall–Kier alpha value is -4.45. The Morgan fingerprint density at radius 3 is 2.22 bits per heavy atom. The van der Waals surface area contributed by atoms with E-state index in [0.717, 1.165) is 11.1 Å². The van der Waals surface area contributed by atoms with Gasteiger partial charge in [0.1, 0.15) is 23.9 Å². The summed E-state index contributed by atoms with van der Waals surface area (Å²) in [4.78, 5) is 12.5. The number of hydrogen-bond donors (Lipinski definition) is 2. The molecule has 0 radical (unpaired) electrons. The van der Waals surface area contributed by atoms with Crippen LogP contribution in [0.5, 0.6) is 17.2 Å². The number of amides is 1. The van der Waals surface area contributed by atoms with Gasteiger partial charge in [0, 0.05) is 24.1 Å². The highest BCUT2D eigenvalue weighted by Gasteiger charge is 2.29. The summed E-state index contributed by atoms with van der Waals surface area (Å²) in [6, 6.07) is 27.5. The number of carbonyl (C=O) groups excluding carboxylic acids is 1. The lowest BCUT2D eigenvalue weighted by Crippen LogP contribution is -2.28. The number of fused-ring (bicyclic) bond motifs is 3. The van der Waals surface area contributed by atoms with Gasteiger partial charge in [-0.25, -0.2) is 4.79 Å². The summed E-state index contributed by atoms with van der Waals surface area (Å²) < 4.78 is 16.4. The number of alkyl carbamates (subject to hydrolysis) is 1. The highest BCUT2D eigenvalue weighted by molar-refractivity contribution is 5.79. The summed E-state index contributed by atoms with van der Waals surface area (Å²) in [6.45, 7) is 0.589. The minimum absolute atomic E-state index is 0.0124.